The standard InChI is InChI=1S/C18H18N2O3/c1-11(2)16(21)15-12(3)14(9-19)17(22)20(18(15)23)10-13-7-5-4-6-8-13/h4-8,11,23H,10H2,1-3H3. The lowest BCUT2D eigenvalue weighted by atomic mass is 9.95. The van der Waals surface area contributed by atoms with E-state index < -0.39 is 5.56 Å². The molecule has 0 radical (unpaired) electrons. The average Bonchev–Trinajstić information content (AvgIpc) is 2.52. The summed E-state index contributed by atoms with van der Waals surface area (Å²) in [5.74, 6) is -1.03. The minimum absolute atomic E-state index is 0.0482. The van der Waals surface area contributed by atoms with Gasteiger partial charge in [0.2, 0.25) is 5.88 Å². The van der Waals surface area contributed by atoms with E-state index in [1.54, 1.807) is 13.8 Å². The lowest BCUT2D eigenvalue weighted by molar-refractivity contribution is 0.0934. The van der Waals surface area contributed by atoms with E-state index in [0.29, 0.717) is 0 Å². The van der Waals surface area contributed by atoms with Crippen molar-refractivity contribution in [2.24, 2.45) is 5.92 Å². The van der Waals surface area contributed by atoms with E-state index in [1.807, 2.05) is 36.4 Å². The highest BCUT2D eigenvalue weighted by Gasteiger charge is 2.25. The smallest absolute Gasteiger partial charge is 0.271 e. The number of carbonyl (C=O) groups is 1. The lowest BCUT2D eigenvalue weighted by Crippen LogP contribution is -2.27. The highest BCUT2D eigenvalue weighted by atomic mass is 16.3. The summed E-state index contributed by atoms with van der Waals surface area (Å²) in [7, 11) is 0. The second-order valence-electron chi connectivity index (χ2n) is 5.71. The number of hydrogen-bond acceptors (Lipinski definition) is 4. The molecule has 2 rings (SSSR count). The summed E-state index contributed by atoms with van der Waals surface area (Å²) in [5.41, 5.74) is 0.375. The number of nitriles is 1. The van der Waals surface area contributed by atoms with Crippen molar-refractivity contribution < 1.29 is 9.90 Å². The fraction of sp³-hybridized carbons (Fsp3) is 0.278. The Morgan fingerprint density at radius 3 is 2.43 bits per heavy atom. The molecule has 0 saturated carbocycles. The third-order valence-electron chi connectivity index (χ3n) is 3.75. The molecule has 0 atom stereocenters. The maximum Gasteiger partial charge on any atom is 0.271 e. The predicted octanol–water partition coefficient (Wildman–Crippen LogP) is 2.62. The fourth-order valence-corrected chi connectivity index (χ4v) is 2.45. The molecule has 0 bridgehead atoms. The number of hydrogen-bond donors (Lipinski definition) is 1. The molecule has 0 aliphatic rings. The van der Waals surface area contributed by atoms with Gasteiger partial charge in [-0.05, 0) is 18.1 Å². The Morgan fingerprint density at radius 1 is 1.30 bits per heavy atom. The molecular weight excluding hydrogens is 292 g/mol. The largest absolute Gasteiger partial charge is 0.494 e. The molecule has 2 aromatic rings. The minimum atomic E-state index is -0.591. The van der Waals surface area contributed by atoms with Crippen molar-refractivity contribution in [2.75, 3.05) is 0 Å². The highest BCUT2D eigenvalue weighted by Crippen LogP contribution is 2.25. The number of benzene rings is 1. The Balaban J connectivity index is 2.72. The van der Waals surface area contributed by atoms with Crippen LogP contribution in [-0.2, 0) is 6.54 Å². The van der Waals surface area contributed by atoms with Crippen LogP contribution in [0.3, 0.4) is 0 Å². The molecule has 5 heteroatoms. The second kappa shape index (κ2) is 6.49. The van der Waals surface area contributed by atoms with Crippen LogP contribution in [0.1, 0.15) is 40.9 Å². The van der Waals surface area contributed by atoms with Gasteiger partial charge in [0, 0.05) is 5.92 Å². The van der Waals surface area contributed by atoms with Gasteiger partial charge in [0.1, 0.15) is 11.6 Å². The first-order valence-corrected chi connectivity index (χ1v) is 7.33. The van der Waals surface area contributed by atoms with Gasteiger partial charge in [-0.15, -0.1) is 0 Å². The van der Waals surface area contributed by atoms with Crippen molar-refractivity contribution >= 4 is 5.78 Å². The molecule has 1 N–H and O–H groups in total. The summed E-state index contributed by atoms with van der Waals surface area (Å²) >= 11 is 0. The van der Waals surface area contributed by atoms with Crippen LogP contribution >= 0.6 is 0 Å². The van der Waals surface area contributed by atoms with Crippen LogP contribution in [0.4, 0.5) is 0 Å². The van der Waals surface area contributed by atoms with E-state index in [-0.39, 0.29) is 40.8 Å². The summed E-state index contributed by atoms with van der Waals surface area (Å²) in [6.45, 7) is 5.03. The molecule has 0 saturated heterocycles. The lowest BCUT2D eigenvalue weighted by Gasteiger charge is -2.16. The van der Waals surface area contributed by atoms with Crippen LogP contribution in [-0.4, -0.2) is 15.5 Å². The molecule has 1 aromatic heterocycles. The van der Waals surface area contributed by atoms with E-state index in [0.717, 1.165) is 10.1 Å². The van der Waals surface area contributed by atoms with Gasteiger partial charge in [-0.2, -0.15) is 5.26 Å². The van der Waals surface area contributed by atoms with Crippen LogP contribution in [0.25, 0.3) is 0 Å². The molecule has 5 nitrogen and oxygen atoms in total. The Kier molecular flexibility index (Phi) is 4.65. The second-order valence-corrected chi connectivity index (χ2v) is 5.71. The van der Waals surface area contributed by atoms with Gasteiger partial charge in [0.25, 0.3) is 5.56 Å². The molecule has 0 spiro atoms. The van der Waals surface area contributed by atoms with Gasteiger partial charge in [0.05, 0.1) is 12.1 Å². The molecule has 1 aromatic carbocycles. The number of carbonyl (C=O) groups excluding carboxylic acids is 1. The zero-order chi connectivity index (χ0) is 17.1. The van der Waals surface area contributed by atoms with E-state index in [4.69, 9.17) is 0 Å². The van der Waals surface area contributed by atoms with Gasteiger partial charge in [0.15, 0.2) is 5.78 Å². The number of aromatic nitrogens is 1. The molecule has 0 unspecified atom stereocenters. The van der Waals surface area contributed by atoms with E-state index >= 15 is 0 Å². The van der Waals surface area contributed by atoms with Crippen LogP contribution < -0.4 is 5.56 Å². The molecule has 1 heterocycles. The summed E-state index contributed by atoms with van der Waals surface area (Å²) in [5, 5.41) is 19.8. The van der Waals surface area contributed by atoms with Crippen LogP contribution in [0, 0.1) is 24.2 Å². The topological polar surface area (TPSA) is 83.1 Å². The number of aromatic hydroxyl groups is 1. The average molecular weight is 310 g/mol. The van der Waals surface area contributed by atoms with E-state index in [1.165, 1.54) is 6.92 Å². The summed E-state index contributed by atoms with van der Waals surface area (Å²) in [6.07, 6.45) is 0. The van der Waals surface area contributed by atoms with Gasteiger partial charge in [-0.25, -0.2) is 0 Å². The van der Waals surface area contributed by atoms with Crippen LogP contribution in [0.5, 0.6) is 5.88 Å². The number of rotatable bonds is 4. The number of nitrogens with zero attached hydrogens (tertiary/aromatic N) is 2. The Labute approximate surface area is 134 Å². The number of ketones is 1. The minimum Gasteiger partial charge on any atom is -0.494 e. The third-order valence-corrected chi connectivity index (χ3v) is 3.75. The van der Waals surface area contributed by atoms with Gasteiger partial charge < -0.3 is 5.11 Å². The predicted molar refractivity (Wildman–Crippen MR) is 86.5 cm³/mol. The monoisotopic (exact) mass is 310 g/mol. The molecule has 23 heavy (non-hydrogen) atoms. The molecular formula is C18H18N2O3. The van der Waals surface area contributed by atoms with Crippen molar-refractivity contribution in [3.63, 3.8) is 0 Å². The fourth-order valence-electron chi connectivity index (χ4n) is 2.45. The summed E-state index contributed by atoms with van der Waals surface area (Å²) in [6, 6.07) is 10.9. The van der Waals surface area contributed by atoms with Gasteiger partial charge in [-0.1, -0.05) is 44.2 Å². The zero-order valence-corrected chi connectivity index (χ0v) is 13.3. The van der Waals surface area contributed by atoms with Crippen molar-refractivity contribution in [1.82, 2.24) is 4.57 Å². The van der Waals surface area contributed by atoms with Crippen LogP contribution in [0.15, 0.2) is 35.1 Å². The summed E-state index contributed by atoms with van der Waals surface area (Å²) < 4.78 is 1.08. The molecule has 0 aliphatic carbocycles. The van der Waals surface area contributed by atoms with Crippen molar-refractivity contribution in [1.29, 1.82) is 5.26 Å². The quantitative estimate of drug-likeness (QED) is 0.880. The molecule has 0 amide bonds. The van der Waals surface area contributed by atoms with E-state index in [2.05, 4.69) is 0 Å². The maximum atomic E-state index is 12.5. The molecule has 0 fully saturated rings. The number of pyridine rings is 1. The Bertz CT molecular complexity index is 843. The maximum absolute atomic E-state index is 12.5. The van der Waals surface area contributed by atoms with Crippen molar-refractivity contribution in [3.8, 4) is 11.9 Å². The first kappa shape index (κ1) is 16.5. The Morgan fingerprint density at radius 2 is 1.91 bits per heavy atom. The van der Waals surface area contributed by atoms with Gasteiger partial charge >= 0.3 is 0 Å². The Hall–Kier alpha value is -2.87. The van der Waals surface area contributed by atoms with Crippen LogP contribution in [0.2, 0.25) is 0 Å². The normalized spacial score (nSPS) is 10.6. The van der Waals surface area contributed by atoms with Crippen molar-refractivity contribution in [3.05, 3.63) is 62.9 Å². The summed E-state index contributed by atoms with van der Waals surface area (Å²) in [4.78, 5) is 24.8. The molecule has 0 aliphatic heterocycles. The zero-order valence-electron chi connectivity index (χ0n) is 13.3. The SMILES string of the molecule is Cc1c(C(=O)C(C)C)c(O)n(Cc2ccccc2)c(=O)c1C#N. The third kappa shape index (κ3) is 3.02. The van der Waals surface area contributed by atoms with E-state index in [9.17, 15) is 20.0 Å². The molecule has 118 valence electrons. The first-order valence-electron chi connectivity index (χ1n) is 7.33. The highest BCUT2D eigenvalue weighted by molar-refractivity contribution is 6.01. The van der Waals surface area contributed by atoms with Gasteiger partial charge in [-0.3, -0.25) is 14.2 Å². The van der Waals surface area contributed by atoms with Crippen molar-refractivity contribution in [2.45, 2.75) is 27.3 Å². The number of Topliss-reactive ketones (excluding diaryl/α,β-unsaturated/α-hetero) is 1. The first-order chi connectivity index (χ1) is 10.9.